The topological polar surface area (TPSA) is 40.5 Å². The molecule has 0 saturated carbocycles. The molecule has 1 aliphatic rings. The van der Waals surface area contributed by atoms with Crippen LogP contribution in [0.2, 0.25) is 5.02 Å². The normalized spacial score (nSPS) is 20.5. The van der Waals surface area contributed by atoms with Crippen molar-refractivity contribution in [2.75, 3.05) is 6.54 Å². The second-order valence-corrected chi connectivity index (χ2v) is 5.54. The molecule has 21 heavy (non-hydrogen) atoms. The summed E-state index contributed by atoms with van der Waals surface area (Å²) in [5.74, 6) is -0.931. The van der Waals surface area contributed by atoms with Gasteiger partial charge in [0.2, 0.25) is 0 Å². The third-order valence-corrected chi connectivity index (χ3v) is 3.95. The highest BCUT2D eigenvalue weighted by atomic mass is 35.5. The van der Waals surface area contributed by atoms with Crippen molar-refractivity contribution in [3.05, 3.63) is 34.3 Å². The van der Waals surface area contributed by atoms with E-state index in [1.807, 2.05) is 0 Å². The maximum Gasteiger partial charge on any atom is 0.417 e. The summed E-state index contributed by atoms with van der Waals surface area (Å²) in [5.41, 5.74) is -0.467. The molecule has 0 bridgehead atoms. The van der Waals surface area contributed by atoms with Crippen LogP contribution in [-0.2, 0) is 17.5 Å². The summed E-state index contributed by atoms with van der Waals surface area (Å²) in [4.78, 5) is 12.9. The van der Waals surface area contributed by atoms with Gasteiger partial charge in [-0.1, -0.05) is 24.1 Å². The van der Waals surface area contributed by atoms with Gasteiger partial charge in [0.05, 0.1) is 10.6 Å². The molecular weight excluding hydrogens is 307 g/mol. The number of hydrogen-bond donors (Lipinski definition) is 1. The number of rotatable bonds is 3. The SMILES string of the molecule is O=C(O)C1CCCCN1Cc1ccc(Cl)c(C(F)(F)F)c1. The van der Waals surface area contributed by atoms with Crippen molar-refractivity contribution < 1.29 is 23.1 Å². The lowest BCUT2D eigenvalue weighted by atomic mass is 10.0. The Morgan fingerprint density at radius 3 is 2.71 bits per heavy atom. The van der Waals surface area contributed by atoms with Crippen molar-refractivity contribution in [1.82, 2.24) is 4.90 Å². The van der Waals surface area contributed by atoms with E-state index < -0.39 is 23.8 Å². The fourth-order valence-corrected chi connectivity index (χ4v) is 2.81. The molecule has 2 rings (SSSR count). The molecule has 0 radical (unpaired) electrons. The summed E-state index contributed by atoms with van der Waals surface area (Å²) >= 11 is 5.58. The van der Waals surface area contributed by atoms with E-state index in [0.717, 1.165) is 18.9 Å². The van der Waals surface area contributed by atoms with E-state index >= 15 is 0 Å². The quantitative estimate of drug-likeness (QED) is 0.920. The standard InChI is InChI=1S/C14H15ClF3NO2/c15-11-5-4-9(7-10(11)14(16,17)18)8-19-6-2-1-3-12(19)13(20)21/h4-5,7,12H,1-3,6,8H2,(H,20,21). The second kappa shape index (κ2) is 6.23. The number of likely N-dealkylation sites (tertiary alicyclic amines) is 1. The highest BCUT2D eigenvalue weighted by molar-refractivity contribution is 6.31. The second-order valence-electron chi connectivity index (χ2n) is 5.13. The van der Waals surface area contributed by atoms with Gasteiger partial charge in [0.15, 0.2) is 0 Å². The predicted molar refractivity (Wildman–Crippen MR) is 72.1 cm³/mol. The van der Waals surface area contributed by atoms with E-state index in [-0.39, 0.29) is 11.6 Å². The van der Waals surface area contributed by atoms with Crippen molar-refractivity contribution in [2.45, 2.75) is 38.0 Å². The average molecular weight is 322 g/mol. The van der Waals surface area contributed by atoms with Gasteiger partial charge in [0.25, 0.3) is 0 Å². The number of hydrogen-bond acceptors (Lipinski definition) is 2. The first-order valence-corrected chi connectivity index (χ1v) is 6.99. The molecule has 0 amide bonds. The molecule has 1 aliphatic heterocycles. The Morgan fingerprint density at radius 2 is 2.10 bits per heavy atom. The lowest BCUT2D eigenvalue weighted by Crippen LogP contribution is -2.44. The maximum absolute atomic E-state index is 12.8. The first kappa shape index (κ1) is 16.1. The number of alkyl halides is 3. The summed E-state index contributed by atoms with van der Waals surface area (Å²) in [6.45, 7) is 0.748. The van der Waals surface area contributed by atoms with E-state index in [4.69, 9.17) is 11.6 Å². The van der Waals surface area contributed by atoms with Crippen molar-refractivity contribution in [1.29, 1.82) is 0 Å². The van der Waals surface area contributed by atoms with Crippen LogP contribution in [0.5, 0.6) is 0 Å². The van der Waals surface area contributed by atoms with Crippen LogP contribution >= 0.6 is 11.6 Å². The zero-order chi connectivity index (χ0) is 15.6. The Bertz CT molecular complexity index is 533. The van der Waals surface area contributed by atoms with Crippen LogP contribution in [0.3, 0.4) is 0 Å². The van der Waals surface area contributed by atoms with Crippen LogP contribution < -0.4 is 0 Å². The number of halogens is 4. The summed E-state index contributed by atoms with van der Waals surface area (Å²) in [6.07, 6.45) is -2.32. The number of carboxylic acids is 1. The molecule has 0 aromatic heterocycles. The van der Waals surface area contributed by atoms with Gasteiger partial charge in [-0.25, -0.2) is 0 Å². The number of carbonyl (C=O) groups is 1. The number of piperidine rings is 1. The zero-order valence-electron chi connectivity index (χ0n) is 11.2. The van der Waals surface area contributed by atoms with Crippen molar-refractivity contribution in [3.8, 4) is 0 Å². The van der Waals surface area contributed by atoms with E-state index in [2.05, 4.69) is 0 Å². The zero-order valence-corrected chi connectivity index (χ0v) is 11.9. The molecule has 1 saturated heterocycles. The van der Waals surface area contributed by atoms with Gasteiger partial charge in [-0.3, -0.25) is 9.69 Å². The fourth-order valence-electron chi connectivity index (χ4n) is 2.58. The van der Waals surface area contributed by atoms with Gasteiger partial charge in [0.1, 0.15) is 6.04 Å². The molecule has 1 aromatic rings. The van der Waals surface area contributed by atoms with Gasteiger partial charge in [-0.2, -0.15) is 13.2 Å². The van der Waals surface area contributed by atoms with Crippen molar-refractivity contribution in [3.63, 3.8) is 0 Å². The maximum atomic E-state index is 12.8. The van der Waals surface area contributed by atoms with Crippen molar-refractivity contribution in [2.24, 2.45) is 0 Å². The number of nitrogens with zero attached hydrogens (tertiary/aromatic N) is 1. The Hall–Kier alpha value is -1.27. The molecule has 0 aliphatic carbocycles. The molecule has 0 spiro atoms. The highest BCUT2D eigenvalue weighted by Crippen LogP contribution is 2.35. The fraction of sp³-hybridized carbons (Fsp3) is 0.500. The number of benzene rings is 1. The number of aliphatic carboxylic acids is 1. The van der Waals surface area contributed by atoms with Crippen LogP contribution in [0.4, 0.5) is 13.2 Å². The minimum absolute atomic E-state index is 0.178. The minimum atomic E-state index is -4.51. The van der Waals surface area contributed by atoms with E-state index in [0.29, 0.717) is 18.5 Å². The third-order valence-electron chi connectivity index (χ3n) is 3.62. The van der Waals surface area contributed by atoms with Crippen LogP contribution in [-0.4, -0.2) is 28.6 Å². The van der Waals surface area contributed by atoms with Gasteiger partial charge in [-0.05, 0) is 37.1 Å². The Labute approximate surface area is 125 Å². The molecule has 7 heteroatoms. The predicted octanol–water partition coefficient (Wildman–Crippen LogP) is 3.80. The van der Waals surface area contributed by atoms with Crippen LogP contribution in [0.25, 0.3) is 0 Å². The first-order valence-electron chi connectivity index (χ1n) is 6.61. The minimum Gasteiger partial charge on any atom is -0.480 e. The lowest BCUT2D eigenvalue weighted by molar-refractivity contribution is -0.145. The Morgan fingerprint density at radius 1 is 1.38 bits per heavy atom. The van der Waals surface area contributed by atoms with E-state index in [1.54, 1.807) is 4.90 Å². The smallest absolute Gasteiger partial charge is 0.417 e. The molecule has 1 N–H and O–H groups in total. The molecule has 1 heterocycles. The molecule has 3 nitrogen and oxygen atoms in total. The molecule has 1 unspecified atom stereocenters. The van der Waals surface area contributed by atoms with E-state index in [1.165, 1.54) is 12.1 Å². The summed E-state index contributed by atoms with van der Waals surface area (Å²) < 4.78 is 38.5. The average Bonchev–Trinajstić information content (AvgIpc) is 2.40. The van der Waals surface area contributed by atoms with Gasteiger partial charge in [-0.15, -0.1) is 0 Å². The summed E-state index contributed by atoms with van der Waals surface area (Å²) in [6, 6.07) is 3.07. The van der Waals surface area contributed by atoms with Gasteiger partial charge >= 0.3 is 12.1 Å². The van der Waals surface area contributed by atoms with Crippen LogP contribution in [0, 0.1) is 0 Å². The van der Waals surface area contributed by atoms with Gasteiger partial charge < -0.3 is 5.11 Å². The molecular formula is C14H15ClF3NO2. The van der Waals surface area contributed by atoms with Crippen LogP contribution in [0.15, 0.2) is 18.2 Å². The van der Waals surface area contributed by atoms with Gasteiger partial charge in [0, 0.05) is 6.54 Å². The van der Waals surface area contributed by atoms with E-state index in [9.17, 15) is 23.1 Å². The monoisotopic (exact) mass is 321 g/mol. The Kier molecular flexibility index (Phi) is 4.78. The third kappa shape index (κ3) is 3.89. The number of carboxylic acid groups (broad SMARTS) is 1. The summed E-state index contributed by atoms with van der Waals surface area (Å²) in [5, 5.41) is 8.82. The highest BCUT2D eigenvalue weighted by Gasteiger charge is 2.34. The molecule has 116 valence electrons. The lowest BCUT2D eigenvalue weighted by Gasteiger charge is -2.33. The van der Waals surface area contributed by atoms with Crippen molar-refractivity contribution >= 4 is 17.6 Å². The molecule has 1 fully saturated rings. The first-order chi connectivity index (χ1) is 9.79. The van der Waals surface area contributed by atoms with Crippen LogP contribution in [0.1, 0.15) is 30.4 Å². The molecule has 1 atom stereocenters. The Balaban J connectivity index is 2.21. The summed E-state index contributed by atoms with van der Waals surface area (Å²) in [7, 11) is 0. The largest absolute Gasteiger partial charge is 0.480 e. The molecule has 1 aromatic carbocycles.